The Labute approximate surface area is 124 Å². The molecule has 1 aliphatic carbocycles. The molecule has 2 rings (SSSR count). The van der Waals surface area contributed by atoms with Gasteiger partial charge in [-0.2, -0.15) is 0 Å². The molecule has 1 aromatic carbocycles. The van der Waals surface area contributed by atoms with Gasteiger partial charge >= 0.3 is 0 Å². The maximum Gasteiger partial charge on any atom is 0.256 e. The Morgan fingerprint density at radius 3 is 2.81 bits per heavy atom. The summed E-state index contributed by atoms with van der Waals surface area (Å²) in [6.07, 6.45) is 3.40. The van der Waals surface area contributed by atoms with E-state index in [1.807, 2.05) is 0 Å². The normalized spacial score (nSPS) is 21.9. The van der Waals surface area contributed by atoms with Gasteiger partial charge in [0, 0.05) is 19.5 Å². The van der Waals surface area contributed by atoms with Gasteiger partial charge in [-0.1, -0.05) is 18.9 Å². The van der Waals surface area contributed by atoms with Gasteiger partial charge < -0.3 is 14.7 Å². The molecule has 1 amide bonds. The van der Waals surface area contributed by atoms with Crippen molar-refractivity contribution in [2.45, 2.75) is 31.8 Å². The molecule has 1 N–H and O–H groups in total. The number of aliphatic hydroxyl groups excluding tert-OH is 1. The zero-order chi connectivity index (χ0) is 15.4. The third kappa shape index (κ3) is 3.53. The summed E-state index contributed by atoms with van der Waals surface area (Å²) in [5, 5.41) is 9.97. The zero-order valence-electron chi connectivity index (χ0n) is 12.5. The molecule has 0 aliphatic heterocycles. The number of halogens is 1. The largest absolute Gasteiger partial charge is 0.494 e. The van der Waals surface area contributed by atoms with E-state index in [-0.39, 0.29) is 29.2 Å². The number of ether oxygens (including phenoxy) is 1. The van der Waals surface area contributed by atoms with E-state index in [0.29, 0.717) is 6.54 Å². The topological polar surface area (TPSA) is 49.8 Å². The number of amides is 1. The van der Waals surface area contributed by atoms with Gasteiger partial charge in [-0.05, 0) is 25.0 Å². The second-order valence-corrected chi connectivity index (χ2v) is 5.62. The lowest BCUT2D eigenvalue weighted by molar-refractivity contribution is 0.0449. The molecule has 5 heteroatoms. The lowest BCUT2D eigenvalue weighted by atomic mass is 9.86. The summed E-state index contributed by atoms with van der Waals surface area (Å²) in [6.45, 7) is 0.441. The number of carbonyl (C=O) groups excluding carboxylic acids is 1. The van der Waals surface area contributed by atoms with E-state index >= 15 is 0 Å². The molecule has 1 aromatic rings. The highest BCUT2D eigenvalue weighted by atomic mass is 19.1. The summed E-state index contributed by atoms with van der Waals surface area (Å²) >= 11 is 0. The molecular formula is C16H22FNO3. The van der Waals surface area contributed by atoms with E-state index in [2.05, 4.69) is 0 Å². The molecule has 0 saturated heterocycles. The summed E-state index contributed by atoms with van der Waals surface area (Å²) in [5.74, 6) is -0.890. The van der Waals surface area contributed by atoms with Crippen molar-refractivity contribution in [1.82, 2.24) is 4.90 Å². The number of hydrogen-bond donors (Lipinski definition) is 1. The second kappa shape index (κ2) is 6.89. The van der Waals surface area contributed by atoms with Gasteiger partial charge in [0.2, 0.25) is 0 Å². The standard InChI is InChI=1S/C16H22FNO3/c1-18(10-11-6-3-4-8-13(11)19)16(20)12-7-5-9-14(21-2)15(12)17/h5,7,9,11,13,19H,3-4,6,8,10H2,1-2H3. The van der Waals surface area contributed by atoms with Crippen LogP contribution in [-0.4, -0.2) is 42.7 Å². The lowest BCUT2D eigenvalue weighted by Gasteiger charge is -2.31. The number of methoxy groups -OCH3 is 1. The fourth-order valence-electron chi connectivity index (χ4n) is 2.87. The minimum absolute atomic E-state index is 0.00199. The van der Waals surface area contributed by atoms with Crippen LogP contribution in [0.25, 0.3) is 0 Å². The van der Waals surface area contributed by atoms with Gasteiger partial charge in [0.05, 0.1) is 18.8 Å². The first-order valence-electron chi connectivity index (χ1n) is 7.30. The van der Waals surface area contributed by atoms with Crippen molar-refractivity contribution in [1.29, 1.82) is 0 Å². The summed E-state index contributed by atoms with van der Waals surface area (Å²) in [5.41, 5.74) is 0.00199. The maximum atomic E-state index is 14.1. The highest BCUT2D eigenvalue weighted by molar-refractivity contribution is 5.94. The number of nitrogens with zero attached hydrogens (tertiary/aromatic N) is 1. The van der Waals surface area contributed by atoms with Crippen molar-refractivity contribution in [2.24, 2.45) is 5.92 Å². The van der Waals surface area contributed by atoms with Crippen LogP contribution in [0.4, 0.5) is 4.39 Å². The molecule has 0 radical (unpaired) electrons. The number of benzene rings is 1. The smallest absolute Gasteiger partial charge is 0.256 e. The van der Waals surface area contributed by atoms with Crippen molar-refractivity contribution in [2.75, 3.05) is 20.7 Å². The molecule has 1 saturated carbocycles. The van der Waals surface area contributed by atoms with Gasteiger partial charge in [0.25, 0.3) is 5.91 Å². The predicted octanol–water partition coefficient (Wildman–Crippen LogP) is 2.46. The van der Waals surface area contributed by atoms with Crippen LogP contribution >= 0.6 is 0 Å². The van der Waals surface area contributed by atoms with E-state index in [1.165, 1.54) is 24.1 Å². The molecule has 2 atom stereocenters. The van der Waals surface area contributed by atoms with Crippen LogP contribution < -0.4 is 4.74 Å². The number of carbonyl (C=O) groups is 1. The molecule has 1 aliphatic rings. The maximum absolute atomic E-state index is 14.1. The van der Waals surface area contributed by atoms with Crippen LogP contribution in [-0.2, 0) is 0 Å². The highest BCUT2D eigenvalue weighted by Crippen LogP contribution is 2.26. The van der Waals surface area contributed by atoms with Gasteiger partial charge in [-0.3, -0.25) is 4.79 Å². The summed E-state index contributed by atoms with van der Waals surface area (Å²) in [4.78, 5) is 13.8. The third-order valence-corrected chi connectivity index (χ3v) is 4.14. The molecule has 0 heterocycles. The minimum Gasteiger partial charge on any atom is -0.494 e. The van der Waals surface area contributed by atoms with E-state index in [4.69, 9.17) is 4.74 Å². The zero-order valence-corrected chi connectivity index (χ0v) is 12.5. The van der Waals surface area contributed by atoms with Crippen molar-refractivity contribution in [3.63, 3.8) is 0 Å². The summed E-state index contributed by atoms with van der Waals surface area (Å²) in [7, 11) is 3.01. The quantitative estimate of drug-likeness (QED) is 0.928. The summed E-state index contributed by atoms with van der Waals surface area (Å²) in [6, 6.07) is 4.53. The van der Waals surface area contributed by atoms with Crippen LogP contribution in [0.3, 0.4) is 0 Å². The van der Waals surface area contributed by atoms with Crippen molar-refractivity contribution < 1.29 is 19.0 Å². The Bertz CT molecular complexity index is 506. The Hall–Kier alpha value is -1.62. The van der Waals surface area contributed by atoms with E-state index in [0.717, 1.165) is 25.7 Å². The monoisotopic (exact) mass is 295 g/mol. The first-order valence-corrected chi connectivity index (χ1v) is 7.30. The summed E-state index contributed by atoms with van der Waals surface area (Å²) < 4.78 is 19.0. The Morgan fingerprint density at radius 1 is 1.43 bits per heavy atom. The third-order valence-electron chi connectivity index (χ3n) is 4.14. The fraction of sp³-hybridized carbons (Fsp3) is 0.562. The van der Waals surface area contributed by atoms with Crippen LogP contribution in [0.5, 0.6) is 5.75 Å². The Balaban J connectivity index is 2.08. The van der Waals surface area contributed by atoms with Gasteiger partial charge in [0.1, 0.15) is 0 Å². The van der Waals surface area contributed by atoms with Gasteiger partial charge in [-0.15, -0.1) is 0 Å². The van der Waals surface area contributed by atoms with Crippen molar-refractivity contribution in [3.8, 4) is 5.75 Å². The molecule has 0 bridgehead atoms. The van der Waals surface area contributed by atoms with Crippen LogP contribution in [0.2, 0.25) is 0 Å². The SMILES string of the molecule is COc1cccc(C(=O)N(C)CC2CCCCC2O)c1F. The minimum atomic E-state index is -0.638. The molecule has 116 valence electrons. The van der Waals surface area contributed by atoms with E-state index < -0.39 is 5.82 Å². The number of hydrogen-bond acceptors (Lipinski definition) is 3. The molecule has 4 nitrogen and oxygen atoms in total. The molecule has 0 spiro atoms. The second-order valence-electron chi connectivity index (χ2n) is 5.62. The molecule has 21 heavy (non-hydrogen) atoms. The van der Waals surface area contributed by atoms with Crippen molar-refractivity contribution in [3.05, 3.63) is 29.6 Å². The Morgan fingerprint density at radius 2 is 2.14 bits per heavy atom. The van der Waals surface area contributed by atoms with E-state index in [9.17, 15) is 14.3 Å². The number of rotatable bonds is 4. The highest BCUT2D eigenvalue weighted by Gasteiger charge is 2.27. The van der Waals surface area contributed by atoms with Crippen LogP contribution in [0.1, 0.15) is 36.0 Å². The lowest BCUT2D eigenvalue weighted by Crippen LogP contribution is -2.38. The average molecular weight is 295 g/mol. The average Bonchev–Trinajstić information content (AvgIpc) is 2.49. The van der Waals surface area contributed by atoms with Crippen LogP contribution in [0, 0.1) is 11.7 Å². The van der Waals surface area contributed by atoms with Crippen LogP contribution in [0.15, 0.2) is 18.2 Å². The number of aliphatic hydroxyl groups is 1. The molecular weight excluding hydrogens is 273 g/mol. The van der Waals surface area contributed by atoms with E-state index in [1.54, 1.807) is 13.1 Å². The molecule has 1 fully saturated rings. The first-order chi connectivity index (χ1) is 10.0. The van der Waals surface area contributed by atoms with Gasteiger partial charge in [0.15, 0.2) is 11.6 Å². The Kier molecular flexibility index (Phi) is 5.17. The molecule has 0 aromatic heterocycles. The first kappa shape index (κ1) is 15.8. The predicted molar refractivity (Wildman–Crippen MR) is 77.9 cm³/mol. The molecule has 2 unspecified atom stereocenters. The fourth-order valence-corrected chi connectivity index (χ4v) is 2.87. The van der Waals surface area contributed by atoms with Gasteiger partial charge in [-0.25, -0.2) is 4.39 Å². The van der Waals surface area contributed by atoms with Crippen molar-refractivity contribution >= 4 is 5.91 Å².